The highest BCUT2D eigenvalue weighted by atomic mass is 32.1. The van der Waals surface area contributed by atoms with Crippen LogP contribution in [0.4, 0.5) is 5.13 Å². The Bertz CT molecular complexity index is 374. The van der Waals surface area contributed by atoms with Gasteiger partial charge in [0.2, 0.25) is 5.13 Å². The summed E-state index contributed by atoms with van der Waals surface area (Å²) in [4.78, 5) is 4.43. The van der Waals surface area contributed by atoms with Gasteiger partial charge in [-0.05, 0) is 25.7 Å². The van der Waals surface area contributed by atoms with Crippen molar-refractivity contribution in [3.05, 3.63) is 5.82 Å². The fourth-order valence-electron chi connectivity index (χ4n) is 2.18. The Morgan fingerprint density at radius 1 is 1.37 bits per heavy atom. The highest BCUT2D eigenvalue weighted by molar-refractivity contribution is 7.09. The van der Waals surface area contributed by atoms with Crippen molar-refractivity contribution in [2.75, 3.05) is 18.5 Å². The van der Waals surface area contributed by atoms with Crippen molar-refractivity contribution in [1.29, 1.82) is 0 Å². The Kier molecular flexibility index (Phi) is 5.54. The fourth-order valence-corrected chi connectivity index (χ4v) is 2.91. The van der Waals surface area contributed by atoms with Gasteiger partial charge in [0.25, 0.3) is 0 Å². The zero-order chi connectivity index (χ0) is 13.7. The average Bonchev–Trinajstić information content (AvgIpc) is 2.86. The van der Waals surface area contributed by atoms with E-state index >= 15 is 0 Å². The SMILES string of the molecule is CC(C)c1nsc(NCCOC2CCC(N)CC2)n1. The van der Waals surface area contributed by atoms with E-state index in [1.165, 1.54) is 11.5 Å². The van der Waals surface area contributed by atoms with Gasteiger partial charge in [0.15, 0.2) is 0 Å². The van der Waals surface area contributed by atoms with Crippen molar-refractivity contribution in [1.82, 2.24) is 9.36 Å². The maximum absolute atomic E-state index is 5.87. The molecule has 2 rings (SSSR count). The van der Waals surface area contributed by atoms with E-state index in [2.05, 4.69) is 28.5 Å². The Labute approximate surface area is 119 Å². The highest BCUT2D eigenvalue weighted by Crippen LogP contribution is 2.20. The van der Waals surface area contributed by atoms with Crippen LogP contribution in [0.3, 0.4) is 0 Å². The Morgan fingerprint density at radius 2 is 2.11 bits per heavy atom. The molecule has 1 heterocycles. The third-order valence-electron chi connectivity index (χ3n) is 3.41. The van der Waals surface area contributed by atoms with E-state index in [0.717, 1.165) is 49.8 Å². The molecule has 1 aliphatic rings. The van der Waals surface area contributed by atoms with E-state index in [1.54, 1.807) is 0 Å². The maximum atomic E-state index is 5.87. The monoisotopic (exact) mass is 284 g/mol. The number of ether oxygens (including phenoxy) is 1. The normalized spacial score (nSPS) is 23.8. The maximum Gasteiger partial charge on any atom is 0.202 e. The molecular formula is C13H24N4OS. The van der Waals surface area contributed by atoms with E-state index in [1.807, 2.05) is 0 Å². The Morgan fingerprint density at radius 3 is 2.74 bits per heavy atom. The van der Waals surface area contributed by atoms with Crippen molar-refractivity contribution in [2.45, 2.75) is 57.6 Å². The predicted molar refractivity (Wildman–Crippen MR) is 78.7 cm³/mol. The van der Waals surface area contributed by atoms with Gasteiger partial charge in [-0.1, -0.05) is 13.8 Å². The summed E-state index contributed by atoms with van der Waals surface area (Å²) in [6.07, 6.45) is 4.76. The van der Waals surface area contributed by atoms with Gasteiger partial charge in [0, 0.05) is 30.0 Å². The van der Waals surface area contributed by atoms with Gasteiger partial charge in [-0.2, -0.15) is 4.37 Å². The van der Waals surface area contributed by atoms with Crippen LogP contribution in [0.5, 0.6) is 0 Å². The molecule has 0 spiro atoms. The summed E-state index contributed by atoms with van der Waals surface area (Å²) in [5, 5.41) is 4.15. The molecule has 0 radical (unpaired) electrons. The van der Waals surface area contributed by atoms with E-state index in [4.69, 9.17) is 10.5 Å². The van der Waals surface area contributed by atoms with Crippen molar-refractivity contribution < 1.29 is 4.74 Å². The molecule has 1 fully saturated rings. The summed E-state index contributed by atoms with van der Waals surface area (Å²) in [5.41, 5.74) is 5.87. The van der Waals surface area contributed by atoms with E-state index < -0.39 is 0 Å². The lowest BCUT2D eigenvalue weighted by Crippen LogP contribution is -2.31. The van der Waals surface area contributed by atoms with Gasteiger partial charge in [-0.15, -0.1) is 0 Å². The van der Waals surface area contributed by atoms with E-state index in [0.29, 0.717) is 18.1 Å². The number of rotatable bonds is 6. The van der Waals surface area contributed by atoms with Crippen LogP contribution >= 0.6 is 11.5 Å². The van der Waals surface area contributed by atoms with Gasteiger partial charge < -0.3 is 15.8 Å². The van der Waals surface area contributed by atoms with Crippen LogP contribution in [0.15, 0.2) is 0 Å². The zero-order valence-electron chi connectivity index (χ0n) is 11.8. The topological polar surface area (TPSA) is 73.1 Å². The molecule has 0 amide bonds. The number of nitrogens with two attached hydrogens (primary N) is 1. The number of hydrogen-bond donors (Lipinski definition) is 2. The second kappa shape index (κ2) is 7.17. The van der Waals surface area contributed by atoms with Crippen molar-refractivity contribution >= 4 is 16.7 Å². The minimum Gasteiger partial charge on any atom is -0.376 e. The minimum absolute atomic E-state index is 0.383. The lowest BCUT2D eigenvalue weighted by molar-refractivity contribution is 0.0313. The molecule has 0 unspecified atom stereocenters. The molecule has 3 N–H and O–H groups in total. The smallest absolute Gasteiger partial charge is 0.202 e. The summed E-state index contributed by atoms with van der Waals surface area (Å²) in [7, 11) is 0. The number of aromatic nitrogens is 2. The average molecular weight is 284 g/mol. The van der Waals surface area contributed by atoms with Crippen LogP contribution in [-0.2, 0) is 4.74 Å². The van der Waals surface area contributed by atoms with Crippen LogP contribution in [0.1, 0.15) is 51.3 Å². The van der Waals surface area contributed by atoms with Crippen LogP contribution < -0.4 is 11.1 Å². The third-order valence-corrected chi connectivity index (χ3v) is 4.10. The summed E-state index contributed by atoms with van der Waals surface area (Å²) in [6.45, 7) is 5.71. The van der Waals surface area contributed by atoms with Crippen LogP contribution in [0, 0.1) is 0 Å². The third kappa shape index (κ3) is 4.71. The van der Waals surface area contributed by atoms with Gasteiger partial charge in [-0.3, -0.25) is 0 Å². The molecule has 1 saturated carbocycles. The fraction of sp³-hybridized carbons (Fsp3) is 0.846. The Hall–Kier alpha value is -0.720. The van der Waals surface area contributed by atoms with Gasteiger partial charge in [0.05, 0.1) is 12.7 Å². The lowest BCUT2D eigenvalue weighted by Gasteiger charge is -2.26. The molecule has 0 aliphatic heterocycles. The van der Waals surface area contributed by atoms with E-state index in [9.17, 15) is 0 Å². The Balaban J connectivity index is 1.61. The van der Waals surface area contributed by atoms with Crippen LogP contribution in [0.25, 0.3) is 0 Å². The molecule has 0 atom stereocenters. The van der Waals surface area contributed by atoms with Crippen molar-refractivity contribution in [2.24, 2.45) is 5.73 Å². The number of nitrogens with one attached hydrogen (secondary N) is 1. The van der Waals surface area contributed by atoms with Crippen molar-refractivity contribution in [3.63, 3.8) is 0 Å². The first-order chi connectivity index (χ1) is 9.15. The molecule has 1 aromatic rings. The first-order valence-corrected chi connectivity index (χ1v) is 7.87. The molecule has 0 aromatic carbocycles. The number of nitrogens with zero attached hydrogens (tertiary/aromatic N) is 2. The predicted octanol–water partition coefficient (Wildman–Crippen LogP) is 2.36. The second-order valence-corrected chi connectivity index (χ2v) is 6.20. The molecule has 1 aromatic heterocycles. The summed E-state index contributed by atoms with van der Waals surface area (Å²) in [5.74, 6) is 1.30. The lowest BCUT2D eigenvalue weighted by atomic mass is 9.94. The van der Waals surface area contributed by atoms with Gasteiger partial charge >= 0.3 is 0 Å². The standard InChI is InChI=1S/C13H24N4OS/c1-9(2)12-16-13(19-17-12)15-7-8-18-11-5-3-10(14)4-6-11/h9-11H,3-8,14H2,1-2H3,(H,15,16,17). The molecule has 0 saturated heterocycles. The quantitative estimate of drug-likeness (QED) is 0.785. The highest BCUT2D eigenvalue weighted by Gasteiger charge is 2.18. The molecular weight excluding hydrogens is 260 g/mol. The summed E-state index contributed by atoms with van der Waals surface area (Å²) < 4.78 is 10.2. The summed E-state index contributed by atoms with van der Waals surface area (Å²) >= 11 is 1.42. The first-order valence-electron chi connectivity index (χ1n) is 7.10. The van der Waals surface area contributed by atoms with Gasteiger partial charge in [-0.25, -0.2) is 4.98 Å². The van der Waals surface area contributed by atoms with Crippen molar-refractivity contribution in [3.8, 4) is 0 Å². The number of hydrogen-bond acceptors (Lipinski definition) is 6. The van der Waals surface area contributed by atoms with Crippen LogP contribution in [0.2, 0.25) is 0 Å². The van der Waals surface area contributed by atoms with Crippen LogP contribution in [-0.4, -0.2) is 34.7 Å². The first kappa shape index (κ1) is 14.7. The molecule has 0 bridgehead atoms. The van der Waals surface area contributed by atoms with Gasteiger partial charge in [0.1, 0.15) is 5.82 Å². The number of anilines is 1. The zero-order valence-corrected chi connectivity index (χ0v) is 12.6. The van der Waals surface area contributed by atoms with E-state index in [-0.39, 0.29) is 0 Å². The molecule has 1 aliphatic carbocycles. The largest absolute Gasteiger partial charge is 0.376 e. The second-order valence-electron chi connectivity index (χ2n) is 5.45. The minimum atomic E-state index is 0.383. The summed E-state index contributed by atoms with van der Waals surface area (Å²) in [6, 6.07) is 0.383. The molecule has 19 heavy (non-hydrogen) atoms. The molecule has 5 nitrogen and oxygen atoms in total. The molecule has 6 heteroatoms. The molecule has 108 valence electrons.